The summed E-state index contributed by atoms with van der Waals surface area (Å²) in [5, 5.41) is 4.76. The van der Waals surface area contributed by atoms with Gasteiger partial charge in [-0.15, -0.1) is 11.3 Å². The number of methoxy groups -OCH3 is 1. The Morgan fingerprint density at radius 1 is 1.50 bits per heavy atom. The van der Waals surface area contributed by atoms with E-state index in [1.165, 1.54) is 23.4 Å². The molecule has 20 heavy (non-hydrogen) atoms. The van der Waals surface area contributed by atoms with E-state index in [-0.39, 0.29) is 0 Å². The van der Waals surface area contributed by atoms with Crippen LogP contribution in [-0.4, -0.2) is 49.3 Å². The SMILES string of the molecule is COCCN(CC1CCCN1)C(C)c1sc(C)nc1C. The average Bonchev–Trinajstić information content (AvgIpc) is 3.03. The molecule has 4 nitrogen and oxygen atoms in total. The summed E-state index contributed by atoms with van der Waals surface area (Å²) in [6, 6.07) is 1.04. The molecule has 0 aliphatic carbocycles. The minimum atomic E-state index is 0.416. The van der Waals surface area contributed by atoms with E-state index in [1.54, 1.807) is 7.11 Å². The zero-order valence-electron chi connectivity index (χ0n) is 13.1. The Balaban J connectivity index is 2.05. The zero-order chi connectivity index (χ0) is 14.5. The van der Waals surface area contributed by atoms with Crippen LogP contribution in [0.4, 0.5) is 0 Å². The number of nitrogens with one attached hydrogen (secondary N) is 1. The molecule has 0 bridgehead atoms. The molecule has 2 atom stereocenters. The summed E-state index contributed by atoms with van der Waals surface area (Å²) in [5.41, 5.74) is 1.18. The van der Waals surface area contributed by atoms with Crippen molar-refractivity contribution in [1.29, 1.82) is 0 Å². The summed E-state index contributed by atoms with van der Waals surface area (Å²) in [4.78, 5) is 8.51. The van der Waals surface area contributed by atoms with Crippen molar-refractivity contribution in [1.82, 2.24) is 15.2 Å². The van der Waals surface area contributed by atoms with Crippen LogP contribution in [0.5, 0.6) is 0 Å². The first-order valence-electron chi connectivity index (χ1n) is 7.52. The maximum atomic E-state index is 5.28. The Labute approximate surface area is 126 Å². The highest BCUT2D eigenvalue weighted by Gasteiger charge is 2.24. The average molecular weight is 297 g/mol. The van der Waals surface area contributed by atoms with E-state index in [9.17, 15) is 0 Å². The molecule has 114 valence electrons. The first-order valence-corrected chi connectivity index (χ1v) is 8.33. The van der Waals surface area contributed by atoms with Gasteiger partial charge >= 0.3 is 0 Å². The van der Waals surface area contributed by atoms with Crippen LogP contribution in [0.3, 0.4) is 0 Å². The number of nitrogens with zero attached hydrogens (tertiary/aromatic N) is 2. The molecule has 0 spiro atoms. The predicted molar refractivity (Wildman–Crippen MR) is 84.5 cm³/mol. The van der Waals surface area contributed by atoms with Crippen molar-refractivity contribution in [2.24, 2.45) is 0 Å². The second-order valence-corrected chi connectivity index (χ2v) is 6.87. The van der Waals surface area contributed by atoms with Gasteiger partial charge < -0.3 is 10.1 Å². The van der Waals surface area contributed by atoms with Crippen LogP contribution in [0.1, 0.15) is 41.4 Å². The Morgan fingerprint density at radius 2 is 2.30 bits per heavy atom. The van der Waals surface area contributed by atoms with Gasteiger partial charge in [0.05, 0.1) is 17.3 Å². The monoisotopic (exact) mass is 297 g/mol. The van der Waals surface area contributed by atoms with E-state index in [4.69, 9.17) is 4.74 Å². The van der Waals surface area contributed by atoms with Gasteiger partial charge in [-0.2, -0.15) is 0 Å². The van der Waals surface area contributed by atoms with E-state index in [1.807, 2.05) is 11.3 Å². The second kappa shape index (κ2) is 7.50. The van der Waals surface area contributed by atoms with Crippen molar-refractivity contribution in [3.05, 3.63) is 15.6 Å². The number of rotatable bonds is 7. The Morgan fingerprint density at radius 3 is 2.85 bits per heavy atom. The standard InChI is InChI=1S/C15H27N3OS/c1-11-15(20-13(3)17-11)12(2)18(8-9-19-4)10-14-6-5-7-16-14/h12,14,16H,5-10H2,1-4H3. The van der Waals surface area contributed by atoms with E-state index in [2.05, 4.69) is 36.0 Å². The molecule has 2 rings (SSSR count). The van der Waals surface area contributed by atoms with Crippen LogP contribution in [0.15, 0.2) is 0 Å². The molecule has 1 N–H and O–H groups in total. The minimum Gasteiger partial charge on any atom is -0.383 e. The lowest BCUT2D eigenvalue weighted by Crippen LogP contribution is -2.40. The first kappa shape index (κ1) is 15.9. The maximum Gasteiger partial charge on any atom is 0.0900 e. The van der Waals surface area contributed by atoms with Crippen LogP contribution in [0.2, 0.25) is 0 Å². The summed E-state index contributed by atoms with van der Waals surface area (Å²) in [5.74, 6) is 0. The van der Waals surface area contributed by atoms with Crippen molar-refractivity contribution >= 4 is 11.3 Å². The third-order valence-electron chi connectivity index (χ3n) is 4.07. The van der Waals surface area contributed by atoms with Gasteiger partial charge in [0.1, 0.15) is 0 Å². The summed E-state index contributed by atoms with van der Waals surface area (Å²) >= 11 is 1.83. The normalized spacial score (nSPS) is 20.8. The van der Waals surface area contributed by atoms with Crippen LogP contribution in [-0.2, 0) is 4.74 Å². The quantitative estimate of drug-likeness (QED) is 0.839. The van der Waals surface area contributed by atoms with E-state index in [0.29, 0.717) is 12.1 Å². The predicted octanol–water partition coefficient (Wildman–Crippen LogP) is 2.52. The Kier molecular flexibility index (Phi) is 5.96. The van der Waals surface area contributed by atoms with Crippen molar-refractivity contribution in [3.63, 3.8) is 0 Å². The fraction of sp³-hybridized carbons (Fsp3) is 0.800. The molecule has 1 aromatic rings. The number of hydrogen-bond donors (Lipinski definition) is 1. The lowest BCUT2D eigenvalue weighted by atomic mass is 10.1. The topological polar surface area (TPSA) is 37.4 Å². The Bertz CT molecular complexity index is 415. The third-order valence-corrected chi connectivity index (χ3v) is 5.31. The van der Waals surface area contributed by atoms with Crippen LogP contribution < -0.4 is 5.32 Å². The van der Waals surface area contributed by atoms with E-state index < -0.39 is 0 Å². The highest BCUT2D eigenvalue weighted by Crippen LogP contribution is 2.29. The van der Waals surface area contributed by atoms with Crippen LogP contribution in [0, 0.1) is 13.8 Å². The molecule has 0 saturated carbocycles. The van der Waals surface area contributed by atoms with Gasteiger partial charge in [0, 0.05) is 37.2 Å². The smallest absolute Gasteiger partial charge is 0.0900 e. The van der Waals surface area contributed by atoms with Crippen LogP contribution in [0.25, 0.3) is 0 Å². The molecule has 1 saturated heterocycles. The van der Waals surface area contributed by atoms with Crippen molar-refractivity contribution in [3.8, 4) is 0 Å². The molecule has 1 fully saturated rings. The highest BCUT2D eigenvalue weighted by molar-refractivity contribution is 7.11. The number of ether oxygens (including phenoxy) is 1. The maximum absolute atomic E-state index is 5.28. The number of aromatic nitrogens is 1. The zero-order valence-corrected chi connectivity index (χ0v) is 13.9. The van der Waals surface area contributed by atoms with Gasteiger partial charge in [-0.3, -0.25) is 4.90 Å². The number of aryl methyl sites for hydroxylation is 2. The van der Waals surface area contributed by atoms with Crippen molar-refractivity contribution < 1.29 is 4.74 Å². The van der Waals surface area contributed by atoms with Crippen LogP contribution >= 0.6 is 11.3 Å². The minimum absolute atomic E-state index is 0.416. The molecule has 2 heterocycles. The molecule has 1 aliphatic rings. The van der Waals surface area contributed by atoms with Crippen molar-refractivity contribution in [2.75, 3.05) is 33.4 Å². The molecule has 1 aromatic heterocycles. The van der Waals surface area contributed by atoms with Gasteiger partial charge in [-0.1, -0.05) is 0 Å². The number of hydrogen-bond acceptors (Lipinski definition) is 5. The summed E-state index contributed by atoms with van der Waals surface area (Å²) in [6.45, 7) is 10.5. The second-order valence-electron chi connectivity index (χ2n) is 5.64. The molecular formula is C15H27N3OS. The highest BCUT2D eigenvalue weighted by atomic mass is 32.1. The van der Waals surface area contributed by atoms with Gasteiger partial charge in [-0.25, -0.2) is 4.98 Å². The molecule has 0 radical (unpaired) electrons. The molecule has 1 aliphatic heterocycles. The molecule has 2 unspecified atom stereocenters. The lowest BCUT2D eigenvalue weighted by molar-refractivity contribution is 0.118. The fourth-order valence-electron chi connectivity index (χ4n) is 2.95. The summed E-state index contributed by atoms with van der Waals surface area (Å²) in [6.07, 6.45) is 2.59. The molecule has 0 amide bonds. The fourth-order valence-corrected chi connectivity index (χ4v) is 3.96. The van der Waals surface area contributed by atoms with Gasteiger partial charge in [0.15, 0.2) is 0 Å². The van der Waals surface area contributed by atoms with Gasteiger partial charge in [0.2, 0.25) is 0 Å². The lowest BCUT2D eigenvalue weighted by Gasteiger charge is -2.31. The molecule has 0 aromatic carbocycles. The largest absolute Gasteiger partial charge is 0.383 e. The molecular weight excluding hydrogens is 270 g/mol. The third kappa shape index (κ3) is 4.01. The van der Waals surface area contributed by atoms with E-state index >= 15 is 0 Å². The van der Waals surface area contributed by atoms with Crippen molar-refractivity contribution in [2.45, 2.75) is 45.7 Å². The number of thiazole rings is 1. The summed E-state index contributed by atoms with van der Waals surface area (Å²) < 4.78 is 5.28. The first-order chi connectivity index (χ1) is 9.61. The van der Waals surface area contributed by atoms with E-state index in [0.717, 1.165) is 31.2 Å². The van der Waals surface area contributed by atoms with Gasteiger partial charge in [-0.05, 0) is 40.2 Å². The summed E-state index contributed by atoms with van der Waals surface area (Å²) in [7, 11) is 1.78. The molecule has 5 heteroatoms. The van der Waals surface area contributed by atoms with Gasteiger partial charge in [0.25, 0.3) is 0 Å². The Hall–Kier alpha value is -0.490.